The number of benzene rings is 1. The summed E-state index contributed by atoms with van der Waals surface area (Å²) in [5, 5.41) is 15.1. The molecule has 0 amide bonds. The molecule has 0 saturated heterocycles. The first-order valence-electron chi connectivity index (χ1n) is 4.91. The predicted molar refractivity (Wildman–Crippen MR) is 68.1 cm³/mol. The van der Waals surface area contributed by atoms with Gasteiger partial charge in [-0.2, -0.15) is 5.10 Å². The van der Waals surface area contributed by atoms with Gasteiger partial charge in [-0.1, -0.05) is 23.2 Å². The van der Waals surface area contributed by atoms with Crippen LogP contribution in [-0.4, -0.2) is 14.7 Å². The molecule has 0 aliphatic carbocycles. The van der Waals surface area contributed by atoms with Gasteiger partial charge in [0.2, 0.25) is 0 Å². The molecule has 0 aliphatic rings. The van der Waals surface area contributed by atoms with Crippen LogP contribution in [0.5, 0.6) is 0 Å². The molecule has 0 saturated carbocycles. The smallest absolute Gasteiger partial charge is 0.272 e. The Labute approximate surface area is 112 Å². The zero-order valence-electron chi connectivity index (χ0n) is 9.01. The van der Waals surface area contributed by atoms with E-state index < -0.39 is 4.92 Å². The van der Waals surface area contributed by atoms with Gasteiger partial charge in [-0.15, -0.1) is 0 Å². The minimum absolute atomic E-state index is 0.154. The number of hydrogen-bond donors (Lipinski definition) is 1. The Morgan fingerprint density at radius 2 is 2.00 bits per heavy atom. The van der Waals surface area contributed by atoms with E-state index in [-0.39, 0.29) is 22.3 Å². The molecular formula is C10H8Cl2N4O2. The highest BCUT2D eigenvalue weighted by molar-refractivity contribution is 6.38. The SMILES string of the molecule is NCc1ccn(-c2c(Cl)cc([N+](=O)[O-])cc2Cl)n1. The van der Waals surface area contributed by atoms with Crippen LogP contribution in [0, 0.1) is 10.1 Å². The standard InChI is InChI=1S/C10H8Cl2N4O2/c11-8-3-7(16(17)18)4-9(12)10(8)15-2-1-6(5-13)14-15/h1-4H,5,13H2. The largest absolute Gasteiger partial charge is 0.325 e. The fourth-order valence-electron chi connectivity index (χ4n) is 1.47. The summed E-state index contributed by atoms with van der Waals surface area (Å²) in [5.41, 5.74) is 6.34. The summed E-state index contributed by atoms with van der Waals surface area (Å²) in [6.45, 7) is 0.287. The van der Waals surface area contributed by atoms with Crippen molar-refractivity contribution in [3.63, 3.8) is 0 Å². The Hall–Kier alpha value is -1.63. The van der Waals surface area contributed by atoms with Gasteiger partial charge in [-0.3, -0.25) is 10.1 Å². The number of nitrogens with zero attached hydrogens (tertiary/aromatic N) is 3. The van der Waals surface area contributed by atoms with Gasteiger partial charge in [0, 0.05) is 24.9 Å². The van der Waals surface area contributed by atoms with Crippen molar-refractivity contribution in [2.75, 3.05) is 0 Å². The summed E-state index contributed by atoms with van der Waals surface area (Å²) in [4.78, 5) is 10.1. The molecular weight excluding hydrogens is 279 g/mol. The van der Waals surface area contributed by atoms with Crippen LogP contribution >= 0.6 is 23.2 Å². The minimum atomic E-state index is -0.560. The van der Waals surface area contributed by atoms with Gasteiger partial charge >= 0.3 is 0 Å². The third-order valence-corrected chi connectivity index (χ3v) is 2.87. The molecule has 2 aromatic rings. The van der Waals surface area contributed by atoms with Crippen LogP contribution in [0.15, 0.2) is 24.4 Å². The first kappa shape index (κ1) is 12.8. The first-order chi connectivity index (χ1) is 8.52. The molecule has 0 spiro atoms. The molecule has 0 radical (unpaired) electrons. The summed E-state index contributed by atoms with van der Waals surface area (Å²) >= 11 is 12.0. The van der Waals surface area contributed by atoms with E-state index in [0.717, 1.165) is 0 Å². The van der Waals surface area contributed by atoms with Crippen LogP contribution in [-0.2, 0) is 6.54 Å². The first-order valence-corrected chi connectivity index (χ1v) is 5.67. The second-order valence-electron chi connectivity index (χ2n) is 3.47. The Balaban J connectivity index is 2.54. The maximum Gasteiger partial charge on any atom is 0.272 e. The van der Waals surface area contributed by atoms with E-state index in [1.165, 1.54) is 16.8 Å². The highest BCUT2D eigenvalue weighted by atomic mass is 35.5. The fraction of sp³-hybridized carbons (Fsp3) is 0.100. The third-order valence-electron chi connectivity index (χ3n) is 2.30. The van der Waals surface area contributed by atoms with Crippen LogP contribution in [0.2, 0.25) is 10.0 Å². The summed E-state index contributed by atoms with van der Waals surface area (Å²) in [6, 6.07) is 4.17. The zero-order chi connectivity index (χ0) is 13.3. The van der Waals surface area contributed by atoms with Gasteiger partial charge in [0.25, 0.3) is 5.69 Å². The topological polar surface area (TPSA) is 87.0 Å². The number of hydrogen-bond acceptors (Lipinski definition) is 4. The minimum Gasteiger partial charge on any atom is -0.325 e. The van der Waals surface area contributed by atoms with E-state index in [9.17, 15) is 10.1 Å². The summed E-state index contributed by atoms with van der Waals surface area (Å²) in [5.74, 6) is 0. The second kappa shape index (κ2) is 4.93. The van der Waals surface area contributed by atoms with Crippen molar-refractivity contribution in [3.05, 3.63) is 50.2 Å². The molecule has 1 aromatic carbocycles. The Bertz CT molecular complexity index is 589. The lowest BCUT2D eigenvalue weighted by Crippen LogP contribution is -2.02. The van der Waals surface area contributed by atoms with Crippen LogP contribution in [0.1, 0.15) is 5.69 Å². The fourth-order valence-corrected chi connectivity index (χ4v) is 2.12. The molecule has 2 rings (SSSR count). The number of nitrogens with two attached hydrogens (primary N) is 1. The zero-order valence-corrected chi connectivity index (χ0v) is 10.5. The van der Waals surface area contributed by atoms with Crippen LogP contribution in [0.4, 0.5) is 5.69 Å². The van der Waals surface area contributed by atoms with E-state index >= 15 is 0 Å². The van der Waals surface area contributed by atoms with Crippen molar-refractivity contribution in [2.45, 2.75) is 6.54 Å². The number of non-ortho nitro benzene ring substituents is 1. The van der Waals surface area contributed by atoms with E-state index in [1.807, 2.05) is 0 Å². The summed E-state index contributed by atoms with van der Waals surface area (Å²) < 4.78 is 1.44. The van der Waals surface area contributed by atoms with Gasteiger partial charge < -0.3 is 5.73 Å². The van der Waals surface area contributed by atoms with Crippen LogP contribution in [0.25, 0.3) is 5.69 Å². The molecule has 0 bridgehead atoms. The second-order valence-corrected chi connectivity index (χ2v) is 4.29. The molecule has 6 nitrogen and oxygen atoms in total. The van der Waals surface area contributed by atoms with E-state index in [1.54, 1.807) is 12.3 Å². The molecule has 0 aliphatic heterocycles. The molecule has 94 valence electrons. The van der Waals surface area contributed by atoms with Crippen molar-refractivity contribution in [3.8, 4) is 5.69 Å². The summed E-state index contributed by atoms with van der Waals surface area (Å²) in [6.07, 6.45) is 1.64. The van der Waals surface area contributed by atoms with Crippen molar-refractivity contribution < 1.29 is 4.92 Å². The lowest BCUT2D eigenvalue weighted by molar-refractivity contribution is -0.384. The van der Waals surface area contributed by atoms with Crippen molar-refractivity contribution >= 4 is 28.9 Å². The molecule has 18 heavy (non-hydrogen) atoms. The monoisotopic (exact) mass is 286 g/mol. The highest BCUT2D eigenvalue weighted by Gasteiger charge is 2.16. The lowest BCUT2D eigenvalue weighted by Gasteiger charge is -2.06. The molecule has 2 N–H and O–H groups in total. The normalized spacial score (nSPS) is 10.6. The quantitative estimate of drug-likeness (QED) is 0.694. The molecule has 0 atom stereocenters. The number of nitro benzene ring substituents is 1. The van der Waals surface area contributed by atoms with Gasteiger partial charge in [0.1, 0.15) is 5.69 Å². The maximum absolute atomic E-state index is 10.7. The third kappa shape index (κ3) is 2.31. The van der Waals surface area contributed by atoms with Gasteiger partial charge in [-0.25, -0.2) is 4.68 Å². The molecule has 1 heterocycles. The maximum atomic E-state index is 10.7. The number of rotatable bonds is 3. The Morgan fingerprint density at radius 1 is 1.39 bits per heavy atom. The average Bonchev–Trinajstić information content (AvgIpc) is 2.76. The highest BCUT2D eigenvalue weighted by Crippen LogP contribution is 2.32. The number of aromatic nitrogens is 2. The molecule has 0 unspecified atom stereocenters. The van der Waals surface area contributed by atoms with Crippen molar-refractivity contribution in [1.82, 2.24) is 9.78 Å². The van der Waals surface area contributed by atoms with Gasteiger partial charge in [0.05, 0.1) is 20.7 Å². The Kier molecular flexibility index (Phi) is 3.51. The average molecular weight is 287 g/mol. The van der Waals surface area contributed by atoms with Crippen molar-refractivity contribution in [2.24, 2.45) is 5.73 Å². The van der Waals surface area contributed by atoms with E-state index in [0.29, 0.717) is 11.4 Å². The molecule has 8 heteroatoms. The van der Waals surface area contributed by atoms with Crippen LogP contribution < -0.4 is 5.73 Å². The van der Waals surface area contributed by atoms with Crippen LogP contribution in [0.3, 0.4) is 0 Å². The number of halogens is 2. The van der Waals surface area contributed by atoms with Gasteiger partial charge in [-0.05, 0) is 6.07 Å². The molecule has 0 fully saturated rings. The van der Waals surface area contributed by atoms with Crippen molar-refractivity contribution in [1.29, 1.82) is 0 Å². The predicted octanol–water partition coefficient (Wildman–Crippen LogP) is 2.55. The van der Waals surface area contributed by atoms with Gasteiger partial charge in [0.15, 0.2) is 0 Å². The summed E-state index contributed by atoms with van der Waals surface area (Å²) in [7, 11) is 0. The van der Waals surface area contributed by atoms with E-state index in [4.69, 9.17) is 28.9 Å². The van der Waals surface area contributed by atoms with E-state index in [2.05, 4.69) is 5.10 Å². The Morgan fingerprint density at radius 3 is 2.44 bits per heavy atom. The molecule has 1 aromatic heterocycles. The number of nitro groups is 1. The lowest BCUT2D eigenvalue weighted by atomic mass is 10.3.